The Morgan fingerprint density at radius 1 is 0.773 bits per heavy atom. The molecule has 4 rings (SSSR count). The van der Waals surface area contributed by atoms with Gasteiger partial charge in [0.2, 0.25) is 0 Å². The Labute approximate surface area is 140 Å². The monoisotopic (exact) mass is 351 g/mol. The molecule has 110 valence electrons. The fourth-order valence-electron chi connectivity index (χ4n) is 3.50. The first-order chi connectivity index (χ1) is 10.8. The van der Waals surface area contributed by atoms with Crippen LogP contribution in [0.5, 0.6) is 0 Å². The first kappa shape index (κ1) is 14.0. The molecule has 0 saturated carbocycles. The molecule has 1 nitrogen and oxygen atoms in total. The molecule has 2 aliphatic heterocycles. The Morgan fingerprint density at radius 2 is 1.36 bits per heavy atom. The summed E-state index contributed by atoms with van der Waals surface area (Å²) in [5.41, 5.74) is 5.65. The van der Waals surface area contributed by atoms with Crippen molar-refractivity contribution in [3.05, 3.63) is 82.3 Å². The first-order valence-electron chi connectivity index (χ1n) is 7.75. The number of rotatable bonds is 2. The molecular weight excluding hydrogens is 334 g/mol. The third-order valence-electron chi connectivity index (χ3n) is 4.62. The fourth-order valence-corrected chi connectivity index (χ4v) is 3.76. The van der Waals surface area contributed by atoms with E-state index in [4.69, 9.17) is 0 Å². The van der Waals surface area contributed by atoms with Crippen molar-refractivity contribution in [2.75, 3.05) is 19.6 Å². The van der Waals surface area contributed by atoms with Crippen LogP contribution in [0.1, 0.15) is 11.1 Å². The summed E-state index contributed by atoms with van der Waals surface area (Å²) in [7, 11) is 0. The van der Waals surface area contributed by atoms with E-state index in [0.717, 1.165) is 24.1 Å². The van der Waals surface area contributed by atoms with Gasteiger partial charge in [-0.15, -0.1) is 0 Å². The number of fused-ring (bicyclic) bond motifs is 2. The zero-order valence-corrected chi connectivity index (χ0v) is 14.0. The Hall–Kier alpha value is -1.64. The second-order valence-corrected chi connectivity index (χ2v) is 6.88. The van der Waals surface area contributed by atoms with E-state index in [2.05, 4.69) is 87.6 Å². The lowest BCUT2D eigenvalue weighted by Gasteiger charge is -2.38. The van der Waals surface area contributed by atoms with Gasteiger partial charge < -0.3 is 0 Å². The summed E-state index contributed by atoms with van der Waals surface area (Å²) in [6.45, 7) is 3.24. The Morgan fingerprint density at radius 3 is 2.00 bits per heavy atom. The largest absolute Gasteiger partial charge is 0.295 e. The van der Waals surface area contributed by atoms with Gasteiger partial charge in [-0.2, -0.15) is 0 Å². The van der Waals surface area contributed by atoms with Gasteiger partial charge in [-0.1, -0.05) is 70.5 Å². The number of benzene rings is 2. The van der Waals surface area contributed by atoms with Crippen molar-refractivity contribution in [3.63, 3.8) is 0 Å². The molecule has 2 atom stereocenters. The maximum atomic E-state index is 3.53. The van der Waals surface area contributed by atoms with E-state index >= 15 is 0 Å². The average molecular weight is 352 g/mol. The van der Waals surface area contributed by atoms with Gasteiger partial charge in [0.15, 0.2) is 0 Å². The van der Waals surface area contributed by atoms with Crippen molar-refractivity contribution in [1.82, 2.24) is 4.90 Å². The normalized spacial score (nSPS) is 23.7. The van der Waals surface area contributed by atoms with Gasteiger partial charge >= 0.3 is 0 Å². The Kier molecular flexibility index (Phi) is 3.73. The fraction of sp³-hybridized carbons (Fsp3) is 0.200. The lowest BCUT2D eigenvalue weighted by Crippen LogP contribution is -2.38. The van der Waals surface area contributed by atoms with Gasteiger partial charge in [0.05, 0.1) is 0 Å². The summed E-state index contributed by atoms with van der Waals surface area (Å²) in [4.78, 5) is 2.51. The average Bonchev–Trinajstić information content (AvgIpc) is 2.57. The molecule has 2 unspecified atom stereocenters. The van der Waals surface area contributed by atoms with E-state index in [1.54, 1.807) is 0 Å². The molecule has 0 amide bonds. The molecule has 0 aliphatic carbocycles. The topological polar surface area (TPSA) is 3.24 Å². The zero-order chi connectivity index (χ0) is 14.9. The van der Waals surface area contributed by atoms with Gasteiger partial charge in [0.1, 0.15) is 0 Å². The van der Waals surface area contributed by atoms with E-state index in [9.17, 15) is 0 Å². The lowest BCUT2D eigenvalue weighted by molar-refractivity contribution is 0.302. The second-order valence-electron chi connectivity index (χ2n) is 5.96. The van der Waals surface area contributed by atoms with Gasteiger partial charge in [-0.3, -0.25) is 4.90 Å². The second kappa shape index (κ2) is 5.86. The van der Waals surface area contributed by atoms with Crippen LogP contribution in [0.4, 0.5) is 0 Å². The Bertz CT molecular complexity index is 728. The summed E-state index contributed by atoms with van der Waals surface area (Å²) in [5, 5.41) is 0. The predicted molar refractivity (Wildman–Crippen MR) is 96.5 cm³/mol. The van der Waals surface area contributed by atoms with Crippen LogP contribution in [0, 0.1) is 5.92 Å². The van der Waals surface area contributed by atoms with Crippen LogP contribution in [0.15, 0.2) is 71.2 Å². The molecule has 0 spiro atoms. The maximum Gasteiger partial charge on any atom is 0.0224 e. The summed E-state index contributed by atoms with van der Waals surface area (Å²) in [6, 6.07) is 19.5. The summed E-state index contributed by atoms with van der Waals surface area (Å²) in [6.07, 6.45) is 4.82. The molecule has 0 radical (unpaired) electrons. The minimum Gasteiger partial charge on any atom is -0.295 e. The highest BCUT2D eigenvalue weighted by Gasteiger charge is 2.30. The van der Waals surface area contributed by atoms with Crippen molar-refractivity contribution >= 4 is 27.1 Å². The molecule has 2 aromatic carbocycles. The van der Waals surface area contributed by atoms with Crippen LogP contribution in [-0.2, 0) is 0 Å². The molecule has 0 aromatic heterocycles. The number of nitrogens with zero attached hydrogens (tertiary/aromatic N) is 1. The minimum atomic E-state index is 0.478. The smallest absolute Gasteiger partial charge is 0.0224 e. The van der Waals surface area contributed by atoms with Gasteiger partial charge in [-0.25, -0.2) is 0 Å². The van der Waals surface area contributed by atoms with E-state index in [-0.39, 0.29) is 0 Å². The number of hydrogen-bond donors (Lipinski definition) is 0. The van der Waals surface area contributed by atoms with Gasteiger partial charge in [0.25, 0.3) is 0 Å². The van der Waals surface area contributed by atoms with E-state index < -0.39 is 0 Å². The molecular formula is C20H18BrN. The highest BCUT2D eigenvalue weighted by atomic mass is 79.9. The van der Waals surface area contributed by atoms with Crippen molar-refractivity contribution in [2.45, 2.75) is 0 Å². The van der Waals surface area contributed by atoms with Crippen LogP contribution >= 0.6 is 15.9 Å². The molecule has 2 heteroatoms. The molecule has 2 heterocycles. The molecule has 2 aliphatic rings. The van der Waals surface area contributed by atoms with Crippen molar-refractivity contribution in [3.8, 4) is 0 Å². The van der Waals surface area contributed by atoms with Crippen molar-refractivity contribution in [1.29, 1.82) is 0 Å². The van der Waals surface area contributed by atoms with E-state index in [1.165, 1.54) is 22.3 Å². The van der Waals surface area contributed by atoms with Crippen LogP contribution < -0.4 is 0 Å². The van der Waals surface area contributed by atoms with Gasteiger partial charge in [0, 0.05) is 30.0 Å². The predicted octanol–water partition coefficient (Wildman–Crippen LogP) is 4.86. The first-order valence-corrected chi connectivity index (χ1v) is 8.54. The van der Waals surface area contributed by atoms with Crippen molar-refractivity contribution < 1.29 is 0 Å². The highest BCUT2D eigenvalue weighted by molar-refractivity contribution is 9.10. The summed E-state index contributed by atoms with van der Waals surface area (Å²) < 4.78 is 1.14. The third kappa shape index (κ3) is 2.57. The number of hydrogen-bond acceptors (Lipinski definition) is 1. The van der Waals surface area contributed by atoms with Crippen LogP contribution in [0.2, 0.25) is 0 Å². The molecule has 0 saturated heterocycles. The van der Waals surface area contributed by atoms with Gasteiger partial charge in [-0.05, 0) is 34.4 Å². The molecule has 2 aromatic rings. The number of halogens is 1. The summed E-state index contributed by atoms with van der Waals surface area (Å²) >= 11 is 3.53. The molecule has 2 bridgehead atoms. The Balaban J connectivity index is 1.74. The summed E-state index contributed by atoms with van der Waals surface area (Å²) in [5.74, 6) is 0.478. The third-order valence-corrected chi connectivity index (χ3v) is 5.14. The van der Waals surface area contributed by atoms with Crippen LogP contribution in [0.3, 0.4) is 0 Å². The SMILES string of the molecule is Brc1ccc(C2=CCN3CC=C(c4ccccc4)C2C3)cc1. The zero-order valence-electron chi connectivity index (χ0n) is 12.4. The van der Waals surface area contributed by atoms with Crippen LogP contribution in [0.25, 0.3) is 11.1 Å². The van der Waals surface area contributed by atoms with E-state index in [0.29, 0.717) is 5.92 Å². The highest BCUT2D eigenvalue weighted by Crippen LogP contribution is 2.40. The standard InChI is InChI=1S/C20H18BrN/c21-17-8-6-16(7-9-17)19-11-13-22-12-10-18(20(19)14-22)15-4-2-1-3-5-15/h1-11,20H,12-14H2. The van der Waals surface area contributed by atoms with Crippen molar-refractivity contribution in [2.24, 2.45) is 5.92 Å². The minimum absolute atomic E-state index is 0.478. The molecule has 0 fully saturated rings. The molecule has 0 N–H and O–H groups in total. The maximum absolute atomic E-state index is 3.53. The molecule has 22 heavy (non-hydrogen) atoms. The quantitative estimate of drug-likeness (QED) is 0.746. The van der Waals surface area contributed by atoms with E-state index in [1.807, 2.05) is 0 Å². The lowest BCUT2D eigenvalue weighted by atomic mass is 9.79. The van der Waals surface area contributed by atoms with Crippen LogP contribution in [-0.4, -0.2) is 24.5 Å².